The van der Waals surface area contributed by atoms with Crippen LogP contribution in [-0.2, 0) is 6.54 Å². The molecule has 3 heteroatoms. The summed E-state index contributed by atoms with van der Waals surface area (Å²) in [6, 6.07) is 7.04. The van der Waals surface area contributed by atoms with Gasteiger partial charge in [-0.3, -0.25) is 0 Å². The summed E-state index contributed by atoms with van der Waals surface area (Å²) in [5.74, 6) is 0.613. The van der Waals surface area contributed by atoms with Crippen LogP contribution in [0, 0.1) is 11.7 Å². The van der Waals surface area contributed by atoms with Crippen LogP contribution in [0.2, 0.25) is 0 Å². The lowest BCUT2D eigenvalue weighted by molar-refractivity contribution is 0.235. The fourth-order valence-corrected chi connectivity index (χ4v) is 2.50. The number of rotatable bonds is 4. The number of hydrogen-bond donors (Lipinski definition) is 1. The van der Waals surface area contributed by atoms with Crippen LogP contribution in [0.4, 0.5) is 4.39 Å². The van der Waals surface area contributed by atoms with E-state index in [1.807, 2.05) is 12.1 Å². The molecule has 1 atom stereocenters. The van der Waals surface area contributed by atoms with Crippen LogP contribution in [0.15, 0.2) is 24.3 Å². The van der Waals surface area contributed by atoms with Gasteiger partial charge in [-0.15, -0.1) is 0 Å². The van der Waals surface area contributed by atoms with Crippen molar-refractivity contribution in [2.24, 2.45) is 5.92 Å². The summed E-state index contributed by atoms with van der Waals surface area (Å²) in [6.45, 7) is 3.99. The molecule has 0 saturated carbocycles. The van der Waals surface area contributed by atoms with Crippen molar-refractivity contribution in [1.82, 2.24) is 10.2 Å². The smallest absolute Gasteiger partial charge is 0.127 e. The summed E-state index contributed by atoms with van der Waals surface area (Å²) < 4.78 is 13.5. The number of nitrogens with one attached hydrogen (secondary N) is 1. The van der Waals surface area contributed by atoms with Crippen LogP contribution in [0.25, 0.3) is 0 Å². The number of hydrogen-bond acceptors (Lipinski definition) is 2. The second-order valence-electron chi connectivity index (χ2n) is 5.00. The number of halogens is 1. The first-order chi connectivity index (χ1) is 8.25. The fraction of sp³-hybridized carbons (Fsp3) is 0.571. The van der Waals surface area contributed by atoms with Crippen molar-refractivity contribution in [1.29, 1.82) is 0 Å². The van der Waals surface area contributed by atoms with E-state index < -0.39 is 0 Å². The summed E-state index contributed by atoms with van der Waals surface area (Å²) in [7, 11) is 2.07. The van der Waals surface area contributed by atoms with Gasteiger partial charge in [0.05, 0.1) is 0 Å². The average molecular weight is 236 g/mol. The van der Waals surface area contributed by atoms with Gasteiger partial charge in [0.15, 0.2) is 0 Å². The molecular weight excluding hydrogens is 215 g/mol. The highest BCUT2D eigenvalue weighted by atomic mass is 19.1. The van der Waals surface area contributed by atoms with Gasteiger partial charge in [0.1, 0.15) is 5.82 Å². The standard InChI is InChI=1S/C14H21FN2/c1-17(10-12-5-4-8-16-9-12)11-13-6-2-3-7-14(13)15/h2-3,6-7,12,16H,4-5,8-11H2,1H3. The molecule has 2 nitrogen and oxygen atoms in total. The van der Waals surface area contributed by atoms with E-state index in [9.17, 15) is 4.39 Å². The van der Waals surface area contributed by atoms with E-state index in [-0.39, 0.29) is 5.82 Å². The molecule has 1 fully saturated rings. The summed E-state index contributed by atoms with van der Waals surface area (Å²) in [5, 5.41) is 3.41. The molecule has 0 amide bonds. The third-order valence-corrected chi connectivity index (χ3v) is 3.37. The molecule has 0 spiro atoms. The maximum Gasteiger partial charge on any atom is 0.127 e. The van der Waals surface area contributed by atoms with Crippen LogP contribution >= 0.6 is 0 Å². The maximum absolute atomic E-state index is 13.5. The molecule has 0 aliphatic carbocycles. The minimum Gasteiger partial charge on any atom is -0.316 e. The molecule has 2 rings (SSSR count). The summed E-state index contributed by atoms with van der Waals surface area (Å²) >= 11 is 0. The molecular formula is C14H21FN2. The largest absolute Gasteiger partial charge is 0.316 e. The Morgan fingerprint density at radius 2 is 2.24 bits per heavy atom. The number of nitrogens with zero attached hydrogens (tertiary/aromatic N) is 1. The lowest BCUT2D eigenvalue weighted by atomic mass is 9.99. The van der Waals surface area contributed by atoms with Gasteiger partial charge in [-0.1, -0.05) is 18.2 Å². The predicted octanol–water partition coefficient (Wildman–Crippen LogP) is 2.26. The molecule has 0 bridgehead atoms. The molecule has 17 heavy (non-hydrogen) atoms. The zero-order chi connectivity index (χ0) is 12.1. The Morgan fingerprint density at radius 3 is 2.94 bits per heavy atom. The topological polar surface area (TPSA) is 15.3 Å². The minimum absolute atomic E-state index is 0.0962. The van der Waals surface area contributed by atoms with Gasteiger partial charge in [0.2, 0.25) is 0 Å². The molecule has 0 radical (unpaired) electrons. The molecule has 1 heterocycles. The third kappa shape index (κ3) is 3.79. The molecule has 1 N–H and O–H groups in total. The molecule has 1 aliphatic rings. The molecule has 1 aliphatic heterocycles. The van der Waals surface area contributed by atoms with E-state index in [2.05, 4.69) is 17.3 Å². The third-order valence-electron chi connectivity index (χ3n) is 3.37. The molecule has 1 saturated heterocycles. The lowest BCUT2D eigenvalue weighted by Gasteiger charge is -2.27. The van der Waals surface area contributed by atoms with Crippen LogP contribution in [0.1, 0.15) is 18.4 Å². The Morgan fingerprint density at radius 1 is 1.41 bits per heavy atom. The molecule has 1 aromatic carbocycles. The van der Waals surface area contributed by atoms with E-state index in [1.165, 1.54) is 18.9 Å². The van der Waals surface area contributed by atoms with Crippen molar-refractivity contribution >= 4 is 0 Å². The van der Waals surface area contributed by atoms with E-state index >= 15 is 0 Å². The summed E-state index contributed by atoms with van der Waals surface area (Å²) in [6.07, 6.45) is 2.55. The number of piperidine rings is 1. The SMILES string of the molecule is CN(Cc1ccccc1F)CC1CCCNC1. The van der Waals surface area contributed by atoms with Gasteiger partial charge in [0, 0.05) is 18.7 Å². The molecule has 0 aromatic heterocycles. The van der Waals surface area contributed by atoms with Gasteiger partial charge < -0.3 is 10.2 Å². The molecule has 1 aromatic rings. The van der Waals surface area contributed by atoms with Crippen LogP contribution < -0.4 is 5.32 Å². The summed E-state index contributed by atoms with van der Waals surface area (Å²) in [5.41, 5.74) is 0.791. The Bertz CT molecular complexity index is 348. The maximum atomic E-state index is 13.5. The Kier molecular flexibility index (Phi) is 4.51. The lowest BCUT2D eigenvalue weighted by Crippen LogP contribution is -2.36. The fourth-order valence-electron chi connectivity index (χ4n) is 2.50. The van der Waals surface area contributed by atoms with E-state index in [0.717, 1.165) is 25.2 Å². The highest BCUT2D eigenvalue weighted by molar-refractivity contribution is 5.16. The quantitative estimate of drug-likeness (QED) is 0.862. The van der Waals surface area contributed by atoms with Gasteiger partial charge in [-0.2, -0.15) is 0 Å². The van der Waals surface area contributed by atoms with Gasteiger partial charge in [-0.25, -0.2) is 4.39 Å². The van der Waals surface area contributed by atoms with Crippen molar-refractivity contribution in [2.45, 2.75) is 19.4 Å². The van der Waals surface area contributed by atoms with Crippen molar-refractivity contribution < 1.29 is 4.39 Å². The van der Waals surface area contributed by atoms with Gasteiger partial charge >= 0.3 is 0 Å². The second-order valence-corrected chi connectivity index (χ2v) is 5.00. The Labute approximate surface area is 103 Å². The van der Waals surface area contributed by atoms with Gasteiger partial charge in [0.25, 0.3) is 0 Å². The second kappa shape index (κ2) is 6.12. The Hall–Kier alpha value is -0.930. The van der Waals surface area contributed by atoms with E-state index in [0.29, 0.717) is 12.5 Å². The van der Waals surface area contributed by atoms with Crippen LogP contribution in [0.3, 0.4) is 0 Å². The van der Waals surface area contributed by atoms with E-state index in [4.69, 9.17) is 0 Å². The zero-order valence-corrected chi connectivity index (χ0v) is 10.5. The van der Waals surface area contributed by atoms with Crippen LogP contribution in [0.5, 0.6) is 0 Å². The Balaban J connectivity index is 1.84. The number of benzene rings is 1. The van der Waals surface area contributed by atoms with Gasteiger partial charge in [-0.05, 0) is 45.0 Å². The highest BCUT2D eigenvalue weighted by Gasteiger charge is 2.15. The minimum atomic E-state index is -0.0962. The van der Waals surface area contributed by atoms with Crippen LogP contribution in [-0.4, -0.2) is 31.6 Å². The monoisotopic (exact) mass is 236 g/mol. The average Bonchev–Trinajstić information content (AvgIpc) is 2.33. The normalized spacial score (nSPS) is 20.8. The molecule has 1 unspecified atom stereocenters. The first-order valence-electron chi connectivity index (χ1n) is 6.38. The first-order valence-corrected chi connectivity index (χ1v) is 6.38. The zero-order valence-electron chi connectivity index (χ0n) is 10.5. The van der Waals surface area contributed by atoms with Crippen molar-refractivity contribution in [3.05, 3.63) is 35.6 Å². The van der Waals surface area contributed by atoms with Crippen molar-refractivity contribution in [3.63, 3.8) is 0 Å². The van der Waals surface area contributed by atoms with E-state index in [1.54, 1.807) is 6.07 Å². The van der Waals surface area contributed by atoms with Crippen molar-refractivity contribution in [2.75, 3.05) is 26.7 Å². The summed E-state index contributed by atoms with van der Waals surface area (Å²) in [4.78, 5) is 2.22. The first kappa shape index (κ1) is 12.5. The molecule has 94 valence electrons. The van der Waals surface area contributed by atoms with Crippen molar-refractivity contribution in [3.8, 4) is 0 Å². The highest BCUT2D eigenvalue weighted by Crippen LogP contribution is 2.14. The predicted molar refractivity (Wildman–Crippen MR) is 68.3 cm³/mol.